The second-order valence-corrected chi connectivity index (χ2v) is 6.60. The van der Waals surface area contributed by atoms with Crippen molar-refractivity contribution in [3.05, 3.63) is 45.3 Å². The molecular weight excluding hydrogens is 375 g/mol. The van der Waals surface area contributed by atoms with E-state index in [0.29, 0.717) is 17.0 Å². The molecule has 0 aliphatic carbocycles. The Morgan fingerprint density at radius 2 is 2.08 bits per heavy atom. The number of rotatable bonds is 6. The van der Waals surface area contributed by atoms with E-state index in [0.717, 1.165) is 0 Å². The summed E-state index contributed by atoms with van der Waals surface area (Å²) in [7, 11) is 0. The molecule has 0 saturated carbocycles. The van der Waals surface area contributed by atoms with E-state index < -0.39 is 42.5 Å². The van der Waals surface area contributed by atoms with E-state index in [2.05, 4.69) is 10.0 Å². The van der Waals surface area contributed by atoms with Gasteiger partial charge in [0.25, 0.3) is 0 Å². The van der Waals surface area contributed by atoms with Crippen LogP contribution in [0, 0.1) is 5.92 Å². The predicted octanol–water partition coefficient (Wildman–Crippen LogP) is 4.93. The second-order valence-electron chi connectivity index (χ2n) is 6.16. The maximum Gasteiger partial charge on any atom is 0.391 e. The molecule has 1 N–H and O–H groups in total. The zero-order valence-corrected chi connectivity index (χ0v) is 14.3. The van der Waals surface area contributed by atoms with Crippen molar-refractivity contribution in [2.24, 2.45) is 11.0 Å². The Morgan fingerprint density at radius 3 is 2.62 bits per heavy atom. The summed E-state index contributed by atoms with van der Waals surface area (Å²) in [6.45, 7) is 0.0815. The molecule has 1 aliphatic rings. The summed E-state index contributed by atoms with van der Waals surface area (Å²) < 4.78 is 43.3. The van der Waals surface area contributed by atoms with Crippen LogP contribution < -0.4 is 0 Å². The molecule has 0 amide bonds. The van der Waals surface area contributed by atoms with Crippen LogP contribution in [0.15, 0.2) is 29.4 Å². The molecule has 0 aromatic heterocycles. The van der Waals surface area contributed by atoms with Crippen LogP contribution in [0.1, 0.15) is 30.7 Å². The summed E-state index contributed by atoms with van der Waals surface area (Å²) in [6.07, 6.45) is -6.14. The number of halogens is 4. The highest BCUT2D eigenvalue weighted by Gasteiger charge is 2.41. The van der Waals surface area contributed by atoms with E-state index in [1.807, 2.05) is 0 Å². The van der Waals surface area contributed by atoms with Crippen molar-refractivity contribution in [3.8, 4) is 0 Å². The molecule has 6 nitrogen and oxygen atoms in total. The van der Waals surface area contributed by atoms with Crippen LogP contribution in [0.5, 0.6) is 0 Å². The fourth-order valence-electron chi connectivity index (χ4n) is 3.36. The first-order chi connectivity index (χ1) is 12.2. The van der Waals surface area contributed by atoms with Crippen molar-refractivity contribution in [3.63, 3.8) is 0 Å². The molecule has 0 bridgehead atoms. The van der Waals surface area contributed by atoms with Gasteiger partial charge >= 0.3 is 12.1 Å². The van der Waals surface area contributed by atoms with Gasteiger partial charge in [0.2, 0.25) is 0 Å². The van der Waals surface area contributed by atoms with E-state index >= 15 is 0 Å². The molecule has 10 heteroatoms. The van der Waals surface area contributed by atoms with Gasteiger partial charge in [0.1, 0.15) is 6.04 Å². The highest BCUT2D eigenvalue weighted by molar-refractivity contribution is 6.30. The SMILES string of the molecule is [N-]=[N+]=N[C@@H](C(=O)O)[C@@H](c1ccc(Cl)cc1)C1CCOC(CC(F)(F)F)C1. The molecule has 142 valence electrons. The minimum atomic E-state index is -4.38. The third-order valence-electron chi connectivity index (χ3n) is 4.40. The van der Waals surface area contributed by atoms with Crippen molar-refractivity contribution in [1.82, 2.24) is 0 Å². The lowest BCUT2D eigenvalue weighted by Gasteiger charge is -2.36. The largest absolute Gasteiger partial charge is 0.481 e. The molecule has 0 spiro atoms. The molecule has 2 rings (SSSR count). The van der Waals surface area contributed by atoms with Crippen molar-refractivity contribution in [2.75, 3.05) is 6.61 Å². The van der Waals surface area contributed by atoms with Gasteiger partial charge in [-0.15, -0.1) is 0 Å². The molecule has 1 saturated heterocycles. The maximum absolute atomic E-state index is 12.7. The number of aliphatic carboxylic acids is 1. The Bertz CT molecular complexity index is 676. The molecular formula is C16H17ClF3N3O3. The molecule has 1 aromatic rings. The number of ether oxygens (including phenoxy) is 1. The molecule has 1 aliphatic heterocycles. The van der Waals surface area contributed by atoms with Gasteiger partial charge in [0, 0.05) is 22.5 Å². The van der Waals surface area contributed by atoms with E-state index in [9.17, 15) is 23.1 Å². The predicted molar refractivity (Wildman–Crippen MR) is 87.9 cm³/mol. The number of carboxylic acids is 1. The Labute approximate surface area is 152 Å². The summed E-state index contributed by atoms with van der Waals surface area (Å²) >= 11 is 5.86. The average molecular weight is 392 g/mol. The Morgan fingerprint density at radius 1 is 1.42 bits per heavy atom. The number of benzene rings is 1. The number of carbonyl (C=O) groups is 1. The summed E-state index contributed by atoms with van der Waals surface area (Å²) in [6, 6.07) is 4.89. The topological polar surface area (TPSA) is 95.3 Å². The molecule has 1 heterocycles. The highest BCUT2D eigenvalue weighted by Crippen LogP contribution is 2.40. The first kappa shape index (κ1) is 20.4. The molecule has 2 unspecified atom stereocenters. The molecule has 4 atom stereocenters. The molecule has 26 heavy (non-hydrogen) atoms. The smallest absolute Gasteiger partial charge is 0.391 e. The third kappa shape index (κ3) is 5.52. The summed E-state index contributed by atoms with van der Waals surface area (Å²) in [5.41, 5.74) is 9.28. The second kappa shape index (κ2) is 8.62. The number of carboxylic acid groups (broad SMARTS) is 1. The van der Waals surface area contributed by atoms with Gasteiger partial charge in [0.05, 0.1) is 12.5 Å². The highest BCUT2D eigenvalue weighted by atomic mass is 35.5. The van der Waals surface area contributed by atoms with Crippen LogP contribution in [-0.4, -0.2) is 36.0 Å². The standard InChI is InChI=1S/C16H17ClF3N3O3/c17-11-3-1-9(2-4-11)13(14(15(24)25)22-23-21)10-5-6-26-12(7-10)8-16(18,19)20/h1-4,10,12-14H,5-8H2,(H,24,25)/t10?,12?,13-,14+/m0/s1. The Hall–Kier alpha value is -1.96. The van der Waals surface area contributed by atoms with E-state index in [1.165, 1.54) is 0 Å². The summed E-state index contributed by atoms with van der Waals surface area (Å²) in [4.78, 5) is 14.2. The van der Waals surface area contributed by atoms with Gasteiger partial charge in [-0.25, -0.2) is 0 Å². The van der Waals surface area contributed by atoms with Gasteiger partial charge in [-0.3, -0.25) is 4.79 Å². The van der Waals surface area contributed by atoms with Gasteiger partial charge in [-0.2, -0.15) is 13.2 Å². The van der Waals surface area contributed by atoms with Crippen molar-refractivity contribution < 1.29 is 27.8 Å². The lowest BCUT2D eigenvalue weighted by molar-refractivity contribution is -0.170. The van der Waals surface area contributed by atoms with Crippen molar-refractivity contribution in [2.45, 2.75) is 43.5 Å². The van der Waals surface area contributed by atoms with Gasteiger partial charge in [-0.1, -0.05) is 28.8 Å². The lowest BCUT2D eigenvalue weighted by atomic mass is 9.75. The van der Waals surface area contributed by atoms with Crippen LogP contribution in [0.4, 0.5) is 13.2 Å². The first-order valence-corrected chi connectivity index (χ1v) is 8.30. The number of alkyl halides is 3. The quantitative estimate of drug-likeness (QED) is 0.423. The first-order valence-electron chi connectivity index (χ1n) is 7.92. The van der Waals surface area contributed by atoms with Crippen LogP contribution in [0.3, 0.4) is 0 Å². The molecule has 1 aromatic carbocycles. The van der Waals surface area contributed by atoms with Gasteiger partial charge < -0.3 is 9.84 Å². The zero-order chi connectivity index (χ0) is 19.3. The normalized spacial score (nSPS) is 22.9. The monoisotopic (exact) mass is 391 g/mol. The van der Waals surface area contributed by atoms with E-state index in [-0.39, 0.29) is 13.0 Å². The van der Waals surface area contributed by atoms with Crippen molar-refractivity contribution in [1.29, 1.82) is 0 Å². The Balaban J connectivity index is 2.34. The van der Waals surface area contributed by atoms with E-state index in [4.69, 9.17) is 21.9 Å². The van der Waals surface area contributed by atoms with Gasteiger partial charge in [-0.05, 0) is 42.0 Å². The third-order valence-corrected chi connectivity index (χ3v) is 4.65. The van der Waals surface area contributed by atoms with Gasteiger partial charge in [0.15, 0.2) is 0 Å². The minimum absolute atomic E-state index is 0.0253. The number of hydrogen-bond donors (Lipinski definition) is 1. The molecule has 0 radical (unpaired) electrons. The fourth-order valence-corrected chi connectivity index (χ4v) is 3.49. The number of hydrogen-bond acceptors (Lipinski definition) is 3. The number of nitrogens with zero attached hydrogens (tertiary/aromatic N) is 3. The van der Waals surface area contributed by atoms with Crippen molar-refractivity contribution >= 4 is 17.6 Å². The zero-order valence-electron chi connectivity index (χ0n) is 13.6. The lowest BCUT2D eigenvalue weighted by Crippen LogP contribution is -2.38. The summed E-state index contributed by atoms with van der Waals surface area (Å²) in [5.74, 6) is -2.55. The number of azide groups is 1. The van der Waals surface area contributed by atoms with Crippen LogP contribution >= 0.6 is 11.6 Å². The maximum atomic E-state index is 12.7. The van der Waals surface area contributed by atoms with Crippen LogP contribution in [-0.2, 0) is 9.53 Å². The Kier molecular flexibility index (Phi) is 6.75. The minimum Gasteiger partial charge on any atom is -0.481 e. The summed E-state index contributed by atoms with van der Waals surface area (Å²) in [5, 5.41) is 13.3. The van der Waals surface area contributed by atoms with Crippen LogP contribution in [0.2, 0.25) is 5.02 Å². The average Bonchev–Trinajstić information content (AvgIpc) is 2.54. The fraction of sp³-hybridized carbons (Fsp3) is 0.562. The van der Waals surface area contributed by atoms with Crippen LogP contribution in [0.25, 0.3) is 10.4 Å². The molecule has 1 fully saturated rings. The van der Waals surface area contributed by atoms with E-state index in [1.54, 1.807) is 24.3 Å².